The number of hydrogen-bond donors (Lipinski definition) is 3. The topological polar surface area (TPSA) is 87.7 Å². The normalized spacial score (nSPS) is 20.7. The molecule has 0 radical (unpaired) electrons. The summed E-state index contributed by atoms with van der Waals surface area (Å²) in [7, 11) is 0. The zero-order chi connectivity index (χ0) is 13.6. The van der Waals surface area contributed by atoms with Crippen molar-refractivity contribution in [2.75, 3.05) is 12.0 Å². The van der Waals surface area contributed by atoms with Gasteiger partial charge in [-0.25, -0.2) is 0 Å². The van der Waals surface area contributed by atoms with Gasteiger partial charge in [-0.05, 0) is 25.5 Å². The minimum absolute atomic E-state index is 0.0523. The van der Waals surface area contributed by atoms with Crippen LogP contribution in [-0.4, -0.2) is 35.0 Å². The predicted molar refractivity (Wildman–Crippen MR) is 74.9 cm³/mol. The van der Waals surface area contributed by atoms with E-state index in [9.17, 15) is 4.79 Å². The highest BCUT2D eigenvalue weighted by molar-refractivity contribution is 7.98. The Morgan fingerprint density at radius 1 is 1.56 bits per heavy atom. The zero-order valence-electron chi connectivity index (χ0n) is 11.1. The van der Waals surface area contributed by atoms with Crippen molar-refractivity contribution >= 4 is 23.5 Å². The van der Waals surface area contributed by atoms with Gasteiger partial charge in [0.2, 0.25) is 5.91 Å². The molecule has 1 saturated carbocycles. The highest BCUT2D eigenvalue weighted by Crippen LogP contribution is 2.38. The molecule has 104 valence electrons. The van der Waals surface area contributed by atoms with Crippen molar-refractivity contribution in [3.8, 4) is 0 Å². The van der Waals surface area contributed by atoms with Crippen molar-refractivity contribution in [2.24, 2.45) is 16.3 Å². The van der Waals surface area contributed by atoms with E-state index in [-0.39, 0.29) is 17.8 Å². The van der Waals surface area contributed by atoms with E-state index in [2.05, 4.69) is 10.5 Å². The lowest BCUT2D eigenvalue weighted by atomic mass is 9.83. The lowest BCUT2D eigenvalue weighted by Crippen LogP contribution is -2.51. The van der Waals surface area contributed by atoms with Crippen LogP contribution in [0.2, 0.25) is 0 Å². The molecule has 5 nitrogen and oxygen atoms in total. The molecule has 0 aromatic heterocycles. The maximum atomic E-state index is 12.4. The first-order chi connectivity index (χ1) is 8.60. The first-order valence-electron chi connectivity index (χ1n) is 6.38. The van der Waals surface area contributed by atoms with Crippen LogP contribution in [0.4, 0.5) is 0 Å². The number of hydrogen-bond acceptors (Lipinski definition) is 4. The van der Waals surface area contributed by atoms with E-state index in [1.54, 1.807) is 11.8 Å². The Bertz CT molecular complexity index is 314. The van der Waals surface area contributed by atoms with E-state index in [1.165, 1.54) is 0 Å². The molecule has 6 heteroatoms. The van der Waals surface area contributed by atoms with Crippen molar-refractivity contribution in [1.82, 2.24) is 5.32 Å². The third kappa shape index (κ3) is 3.10. The second-order valence-electron chi connectivity index (χ2n) is 4.81. The quantitative estimate of drug-likeness (QED) is 0.296. The Morgan fingerprint density at radius 2 is 2.17 bits per heavy atom. The fraction of sp³-hybridized carbons (Fsp3) is 0.833. The molecule has 0 bridgehead atoms. The molecule has 0 saturated heterocycles. The summed E-state index contributed by atoms with van der Waals surface area (Å²) in [5, 5.41) is 15.0. The molecule has 1 aliphatic carbocycles. The molecule has 0 heterocycles. The molecule has 1 aliphatic rings. The molecular formula is C12H23N3O2S. The number of carbonyl (C=O) groups excluding carboxylic acids is 1. The first-order valence-corrected chi connectivity index (χ1v) is 7.78. The number of nitrogens with zero attached hydrogens (tertiary/aromatic N) is 1. The summed E-state index contributed by atoms with van der Waals surface area (Å²) in [6.07, 6.45) is 6.14. The van der Waals surface area contributed by atoms with Crippen LogP contribution in [0.25, 0.3) is 0 Å². The van der Waals surface area contributed by atoms with Gasteiger partial charge in [-0.3, -0.25) is 4.79 Å². The summed E-state index contributed by atoms with van der Waals surface area (Å²) in [6.45, 7) is 2.05. The fourth-order valence-corrected chi connectivity index (χ4v) is 3.18. The van der Waals surface area contributed by atoms with Gasteiger partial charge in [-0.2, -0.15) is 11.8 Å². The Labute approximate surface area is 113 Å². The smallest absolute Gasteiger partial charge is 0.234 e. The summed E-state index contributed by atoms with van der Waals surface area (Å²) in [5.74, 6) is 0.849. The molecule has 18 heavy (non-hydrogen) atoms. The van der Waals surface area contributed by atoms with E-state index >= 15 is 0 Å². The van der Waals surface area contributed by atoms with Crippen LogP contribution < -0.4 is 11.1 Å². The third-order valence-electron chi connectivity index (χ3n) is 3.69. The molecule has 1 amide bonds. The van der Waals surface area contributed by atoms with Gasteiger partial charge in [0.25, 0.3) is 0 Å². The van der Waals surface area contributed by atoms with Crippen molar-refractivity contribution in [2.45, 2.75) is 45.1 Å². The van der Waals surface area contributed by atoms with Gasteiger partial charge < -0.3 is 16.3 Å². The maximum Gasteiger partial charge on any atom is 0.234 e. The average Bonchev–Trinajstić information content (AvgIpc) is 2.87. The summed E-state index contributed by atoms with van der Waals surface area (Å²) < 4.78 is 0. The molecule has 1 atom stereocenters. The van der Waals surface area contributed by atoms with Crippen LogP contribution in [0, 0.1) is 5.41 Å². The number of rotatable bonds is 6. The Morgan fingerprint density at radius 3 is 2.61 bits per heavy atom. The molecular weight excluding hydrogens is 250 g/mol. The van der Waals surface area contributed by atoms with Crippen molar-refractivity contribution in [3.63, 3.8) is 0 Å². The minimum Gasteiger partial charge on any atom is -0.409 e. The van der Waals surface area contributed by atoms with E-state index < -0.39 is 5.41 Å². The van der Waals surface area contributed by atoms with Gasteiger partial charge in [-0.1, -0.05) is 24.9 Å². The van der Waals surface area contributed by atoms with E-state index in [0.717, 1.165) is 25.0 Å². The minimum atomic E-state index is -0.791. The van der Waals surface area contributed by atoms with E-state index in [0.29, 0.717) is 12.8 Å². The average molecular weight is 273 g/mol. The molecule has 1 rings (SSSR count). The van der Waals surface area contributed by atoms with Crippen molar-refractivity contribution in [3.05, 3.63) is 0 Å². The van der Waals surface area contributed by atoms with Crippen LogP contribution in [-0.2, 0) is 4.79 Å². The second kappa shape index (κ2) is 6.87. The highest BCUT2D eigenvalue weighted by atomic mass is 32.2. The van der Waals surface area contributed by atoms with Gasteiger partial charge in [0.1, 0.15) is 5.41 Å². The second-order valence-corrected chi connectivity index (χ2v) is 5.72. The highest BCUT2D eigenvalue weighted by Gasteiger charge is 2.45. The van der Waals surface area contributed by atoms with E-state index in [1.807, 2.05) is 13.2 Å². The summed E-state index contributed by atoms with van der Waals surface area (Å²) in [6, 6.07) is 0.150. The van der Waals surface area contributed by atoms with Gasteiger partial charge >= 0.3 is 0 Å². The van der Waals surface area contributed by atoms with Crippen LogP contribution in [0.15, 0.2) is 5.16 Å². The molecule has 0 spiro atoms. The maximum absolute atomic E-state index is 12.4. The lowest BCUT2D eigenvalue weighted by Gasteiger charge is -2.28. The molecule has 1 fully saturated rings. The standard InChI is InChI=1S/C12H23N3O2S/c1-3-9(8-18-2)14-11(16)12(10(13)15-17)6-4-5-7-12/h9,17H,3-8H2,1-2H3,(H2,13,15)(H,14,16). The van der Waals surface area contributed by atoms with Gasteiger partial charge in [0.15, 0.2) is 5.84 Å². The summed E-state index contributed by atoms with van der Waals surface area (Å²) in [5.41, 5.74) is 4.95. The number of carbonyl (C=O) groups is 1. The third-order valence-corrected chi connectivity index (χ3v) is 4.42. The Balaban J connectivity index is 2.78. The fourth-order valence-electron chi connectivity index (χ4n) is 2.46. The number of nitrogens with two attached hydrogens (primary N) is 1. The zero-order valence-corrected chi connectivity index (χ0v) is 11.9. The Hall–Kier alpha value is -0.910. The van der Waals surface area contributed by atoms with Crippen LogP contribution in [0.3, 0.4) is 0 Å². The van der Waals surface area contributed by atoms with Crippen molar-refractivity contribution < 1.29 is 10.0 Å². The van der Waals surface area contributed by atoms with Crippen LogP contribution in [0.1, 0.15) is 39.0 Å². The largest absolute Gasteiger partial charge is 0.409 e. The molecule has 0 aromatic carbocycles. The van der Waals surface area contributed by atoms with Crippen molar-refractivity contribution in [1.29, 1.82) is 0 Å². The number of nitrogens with one attached hydrogen (secondary N) is 1. The number of amidine groups is 1. The van der Waals surface area contributed by atoms with Crippen LogP contribution in [0.5, 0.6) is 0 Å². The van der Waals surface area contributed by atoms with Gasteiger partial charge in [0, 0.05) is 11.8 Å². The first kappa shape index (κ1) is 15.1. The van der Waals surface area contributed by atoms with E-state index in [4.69, 9.17) is 10.9 Å². The van der Waals surface area contributed by atoms with Crippen LogP contribution >= 0.6 is 11.8 Å². The molecule has 1 unspecified atom stereocenters. The molecule has 0 aliphatic heterocycles. The number of thioether (sulfide) groups is 1. The molecule has 4 N–H and O–H groups in total. The Kier molecular flexibility index (Phi) is 5.78. The SMILES string of the molecule is CCC(CSC)NC(=O)C1(C(N)=NO)CCCC1. The summed E-state index contributed by atoms with van der Waals surface area (Å²) >= 11 is 1.71. The lowest BCUT2D eigenvalue weighted by molar-refractivity contribution is -0.128. The van der Waals surface area contributed by atoms with Gasteiger partial charge in [-0.15, -0.1) is 0 Å². The monoisotopic (exact) mass is 273 g/mol. The summed E-state index contributed by atoms with van der Waals surface area (Å²) in [4.78, 5) is 12.4. The number of amides is 1. The predicted octanol–water partition coefficient (Wildman–Crippen LogP) is 1.55. The van der Waals surface area contributed by atoms with Gasteiger partial charge in [0.05, 0.1) is 0 Å². The molecule has 0 aromatic rings. The number of oxime groups is 1.